The average molecular weight is 179 g/mol. The standard InChI is InChI=1S/C7H7N4O2/c1-5(6-2-3-8-10-6)12-7-4-9-11-13-7/h2-3,5H,1H3,(H,8,10). The van der Waals surface area contributed by atoms with Crippen molar-refractivity contribution in [3.63, 3.8) is 0 Å². The Bertz CT molecular complexity index is 342. The molecule has 2 heterocycles. The quantitative estimate of drug-likeness (QED) is 0.751. The van der Waals surface area contributed by atoms with Crippen molar-refractivity contribution >= 4 is 0 Å². The molecular weight excluding hydrogens is 172 g/mol. The molecule has 2 rings (SSSR count). The van der Waals surface area contributed by atoms with E-state index in [1.165, 1.54) is 0 Å². The van der Waals surface area contributed by atoms with E-state index in [0.717, 1.165) is 5.69 Å². The first-order chi connectivity index (χ1) is 6.36. The maximum Gasteiger partial charge on any atom is 0.342 e. The third kappa shape index (κ3) is 1.66. The van der Waals surface area contributed by atoms with Crippen LogP contribution in [-0.2, 0) is 0 Å². The second-order valence-electron chi connectivity index (χ2n) is 2.43. The van der Waals surface area contributed by atoms with Gasteiger partial charge in [-0.05, 0) is 13.0 Å². The van der Waals surface area contributed by atoms with E-state index in [0.29, 0.717) is 0 Å². The predicted octanol–water partition coefficient (Wildman–Crippen LogP) is 0.733. The van der Waals surface area contributed by atoms with Crippen molar-refractivity contribution in [1.29, 1.82) is 0 Å². The summed E-state index contributed by atoms with van der Waals surface area (Å²) >= 11 is 0. The minimum Gasteiger partial charge on any atom is -0.452 e. The van der Waals surface area contributed by atoms with Crippen LogP contribution in [0.2, 0.25) is 0 Å². The van der Waals surface area contributed by atoms with Gasteiger partial charge in [-0.1, -0.05) is 0 Å². The van der Waals surface area contributed by atoms with Crippen LogP contribution in [0.15, 0.2) is 16.8 Å². The number of aromatic nitrogens is 4. The normalized spacial score (nSPS) is 12.7. The van der Waals surface area contributed by atoms with E-state index < -0.39 is 0 Å². The van der Waals surface area contributed by atoms with Crippen molar-refractivity contribution < 1.29 is 9.26 Å². The minimum atomic E-state index is -0.211. The van der Waals surface area contributed by atoms with Gasteiger partial charge >= 0.3 is 5.95 Å². The fourth-order valence-corrected chi connectivity index (χ4v) is 0.906. The summed E-state index contributed by atoms with van der Waals surface area (Å²) in [5.41, 5.74) is 0.782. The van der Waals surface area contributed by atoms with Gasteiger partial charge in [0.25, 0.3) is 0 Å². The summed E-state index contributed by atoms with van der Waals surface area (Å²) in [6.07, 6.45) is 3.95. The van der Waals surface area contributed by atoms with E-state index >= 15 is 0 Å². The van der Waals surface area contributed by atoms with Crippen molar-refractivity contribution in [2.45, 2.75) is 13.0 Å². The van der Waals surface area contributed by atoms with Gasteiger partial charge in [0, 0.05) is 11.5 Å². The second-order valence-corrected chi connectivity index (χ2v) is 2.43. The van der Waals surface area contributed by atoms with Gasteiger partial charge in [0.05, 0.1) is 0 Å². The SMILES string of the molecule is CC(Oc1[c]nno1)c1cc[nH]n1. The van der Waals surface area contributed by atoms with Gasteiger partial charge in [-0.15, -0.1) is 5.10 Å². The van der Waals surface area contributed by atoms with Crippen LogP contribution < -0.4 is 4.74 Å². The first-order valence-electron chi connectivity index (χ1n) is 3.72. The molecule has 0 saturated heterocycles. The largest absolute Gasteiger partial charge is 0.452 e. The molecule has 6 nitrogen and oxygen atoms in total. The van der Waals surface area contributed by atoms with Crippen LogP contribution in [0.3, 0.4) is 0 Å². The maximum absolute atomic E-state index is 5.27. The van der Waals surface area contributed by atoms with Crippen LogP contribution in [0, 0.1) is 6.20 Å². The van der Waals surface area contributed by atoms with Gasteiger partial charge in [-0.3, -0.25) is 9.62 Å². The van der Waals surface area contributed by atoms with Crippen molar-refractivity contribution in [3.8, 4) is 5.95 Å². The second kappa shape index (κ2) is 3.26. The molecule has 67 valence electrons. The smallest absolute Gasteiger partial charge is 0.342 e. The Morgan fingerprint density at radius 3 is 3.23 bits per heavy atom. The molecule has 6 heteroatoms. The molecule has 0 saturated carbocycles. The number of ether oxygens (including phenoxy) is 1. The summed E-state index contributed by atoms with van der Waals surface area (Å²) < 4.78 is 9.89. The molecule has 0 aliphatic rings. The van der Waals surface area contributed by atoms with Crippen molar-refractivity contribution in [2.24, 2.45) is 0 Å². The van der Waals surface area contributed by atoms with Gasteiger partial charge in [0.1, 0.15) is 11.8 Å². The average Bonchev–Trinajstić information content (AvgIpc) is 2.74. The molecule has 2 aromatic rings. The number of hydrogen-bond acceptors (Lipinski definition) is 5. The zero-order chi connectivity index (χ0) is 9.10. The molecular formula is C7H7N4O2. The van der Waals surface area contributed by atoms with Gasteiger partial charge in [0.2, 0.25) is 6.20 Å². The molecule has 0 fully saturated rings. The lowest BCUT2D eigenvalue weighted by molar-refractivity contribution is 0.150. The van der Waals surface area contributed by atoms with Crippen LogP contribution in [0.4, 0.5) is 0 Å². The Morgan fingerprint density at radius 1 is 1.69 bits per heavy atom. The van der Waals surface area contributed by atoms with E-state index in [-0.39, 0.29) is 12.1 Å². The first-order valence-corrected chi connectivity index (χ1v) is 3.72. The topological polar surface area (TPSA) is 76.8 Å². The molecule has 0 spiro atoms. The van der Waals surface area contributed by atoms with Gasteiger partial charge in [-0.2, -0.15) is 5.10 Å². The summed E-state index contributed by atoms with van der Waals surface area (Å²) in [5.74, 6) is 0.163. The Balaban J connectivity index is 2.04. The van der Waals surface area contributed by atoms with E-state index in [4.69, 9.17) is 4.74 Å². The molecule has 13 heavy (non-hydrogen) atoms. The number of nitrogens with one attached hydrogen (secondary N) is 1. The highest BCUT2D eigenvalue weighted by Gasteiger charge is 2.11. The van der Waals surface area contributed by atoms with Gasteiger partial charge in [-0.25, -0.2) is 0 Å². The first kappa shape index (κ1) is 7.78. The summed E-state index contributed by atoms with van der Waals surface area (Å²) in [6.45, 7) is 1.84. The van der Waals surface area contributed by atoms with Crippen molar-refractivity contribution in [3.05, 3.63) is 24.2 Å². The Kier molecular flexibility index (Phi) is 1.95. The molecule has 0 amide bonds. The third-order valence-electron chi connectivity index (χ3n) is 1.53. The third-order valence-corrected chi connectivity index (χ3v) is 1.53. The number of nitrogens with zero attached hydrogens (tertiary/aromatic N) is 3. The van der Waals surface area contributed by atoms with Crippen LogP contribution >= 0.6 is 0 Å². The summed E-state index contributed by atoms with van der Waals surface area (Å²) in [7, 11) is 0. The molecule has 1 radical (unpaired) electrons. The highest BCUT2D eigenvalue weighted by molar-refractivity contribution is 5.03. The molecule has 2 aromatic heterocycles. The lowest BCUT2D eigenvalue weighted by atomic mass is 10.3. The van der Waals surface area contributed by atoms with Crippen LogP contribution in [-0.4, -0.2) is 20.6 Å². The fourth-order valence-electron chi connectivity index (χ4n) is 0.906. The van der Waals surface area contributed by atoms with Crippen molar-refractivity contribution in [1.82, 2.24) is 20.6 Å². The molecule has 1 atom stereocenters. The van der Waals surface area contributed by atoms with E-state index in [9.17, 15) is 0 Å². The number of aromatic amines is 1. The minimum absolute atomic E-state index is 0.163. The summed E-state index contributed by atoms with van der Waals surface area (Å²) in [6, 6.07) is 1.81. The van der Waals surface area contributed by atoms with E-state index in [1.54, 1.807) is 6.20 Å². The Labute approximate surface area is 73.9 Å². The van der Waals surface area contributed by atoms with Crippen LogP contribution in [0.5, 0.6) is 5.95 Å². The lowest BCUT2D eigenvalue weighted by Crippen LogP contribution is -2.02. The summed E-state index contributed by atoms with van der Waals surface area (Å²) in [5, 5.41) is 13.2. The monoisotopic (exact) mass is 179 g/mol. The number of rotatable bonds is 3. The van der Waals surface area contributed by atoms with Gasteiger partial charge in [0.15, 0.2) is 0 Å². The van der Waals surface area contributed by atoms with E-state index in [1.807, 2.05) is 13.0 Å². The lowest BCUT2D eigenvalue weighted by Gasteiger charge is -2.06. The van der Waals surface area contributed by atoms with E-state index in [2.05, 4.69) is 31.3 Å². The highest BCUT2D eigenvalue weighted by atomic mass is 16.6. The zero-order valence-corrected chi connectivity index (χ0v) is 6.89. The highest BCUT2D eigenvalue weighted by Crippen LogP contribution is 2.17. The molecule has 0 aromatic carbocycles. The van der Waals surface area contributed by atoms with Crippen LogP contribution in [0.1, 0.15) is 18.7 Å². The Morgan fingerprint density at radius 2 is 2.62 bits per heavy atom. The number of H-pyrrole nitrogens is 1. The molecule has 1 N–H and O–H groups in total. The fraction of sp³-hybridized carbons (Fsp3) is 0.286. The molecule has 1 unspecified atom stereocenters. The molecule has 0 bridgehead atoms. The predicted molar refractivity (Wildman–Crippen MR) is 40.8 cm³/mol. The zero-order valence-electron chi connectivity index (χ0n) is 6.89. The Hall–Kier alpha value is -1.85. The van der Waals surface area contributed by atoms with Gasteiger partial charge < -0.3 is 4.74 Å². The molecule has 0 aliphatic carbocycles. The van der Waals surface area contributed by atoms with Crippen LogP contribution in [0.25, 0.3) is 0 Å². The molecule has 0 aliphatic heterocycles. The number of hydrogen-bond donors (Lipinski definition) is 1. The maximum atomic E-state index is 5.27. The summed E-state index contributed by atoms with van der Waals surface area (Å²) in [4.78, 5) is 0. The van der Waals surface area contributed by atoms with Crippen molar-refractivity contribution in [2.75, 3.05) is 0 Å².